The van der Waals surface area contributed by atoms with Crippen molar-refractivity contribution in [1.82, 2.24) is 0 Å². The van der Waals surface area contributed by atoms with Crippen LogP contribution in [0.2, 0.25) is 0 Å². The number of carboxylic acids is 1. The molecule has 0 bridgehead atoms. The molecule has 1 aromatic carbocycles. The molecule has 1 aromatic heterocycles. The second-order valence-electron chi connectivity index (χ2n) is 5.27. The number of carbonyl (C=O) groups is 1. The third-order valence-corrected chi connectivity index (χ3v) is 2.74. The van der Waals surface area contributed by atoms with Gasteiger partial charge in [0.05, 0.1) is 0 Å². The zero-order valence-electron chi connectivity index (χ0n) is 10.7. The van der Waals surface area contributed by atoms with E-state index in [9.17, 15) is 9.90 Å². The van der Waals surface area contributed by atoms with Gasteiger partial charge in [-0.1, -0.05) is 51.1 Å². The van der Waals surface area contributed by atoms with Crippen molar-refractivity contribution in [2.45, 2.75) is 26.2 Å². The van der Waals surface area contributed by atoms with Gasteiger partial charge in [-0.05, 0) is 6.07 Å². The zero-order valence-corrected chi connectivity index (χ0v) is 10.7. The number of hydrogen-bond donors (Lipinski definition) is 1. The lowest BCUT2D eigenvalue weighted by atomic mass is 9.93. The van der Waals surface area contributed by atoms with Crippen LogP contribution in [0.25, 0.3) is 11.3 Å². The SMILES string of the molecule is CC(C)(C)c1cc(C(=O)O)c(-c2ccccc2)o1. The second kappa shape index (κ2) is 4.33. The van der Waals surface area contributed by atoms with Gasteiger partial charge in [-0.3, -0.25) is 0 Å². The van der Waals surface area contributed by atoms with Crippen LogP contribution < -0.4 is 0 Å². The molecule has 0 saturated carbocycles. The molecule has 1 heterocycles. The largest absolute Gasteiger partial charge is 0.478 e. The molecule has 1 N–H and O–H groups in total. The van der Waals surface area contributed by atoms with E-state index in [1.54, 1.807) is 6.07 Å². The van der Waals surface area contributed by atoms with Crippen LogP contribution >= 0.6 is 0 Å². The lowest BCUT2D eigenvalue weighted by molar-refractivity contribution is 0.0697. The maximum absolute atomic E-state index is 11.3. The zero-order chi connectivity index (χ0) is 13.3. The van der Waals surface area contributed by atoms with E-state index in [2.05, 4.69) is 0 Å². The Hall–Kier alpha value is -2.03. The second-order valence-corrected chi connectivity index (χ2v) is 5.27. The van der Waals surface area contributed by atoms with Crippen LogP contribution in [0, 0.1) is 0 Å². The Morgan fingerprint density at radius 3 is 2.28 bits per heavy atom. The average molecular weight is 244 g/mol. The smallest absolute Gasteiger partial charge is 0.339 e. The minimum atomic E-state index is -0.965. The first-order valence-corrected chi connectivity index (χ1v) is 5.82. The lowest BCUT2D eigenvalue weighted by Crippen LogP contribution is -2.09. The average Bonchev–Trinajstić information content (AvgIpc) is 2.74. The topological polar surface area (TPSA) is 50.4 Å². The fourth-order valence-electron chi connectivity index (χ4n) is 1.72. The fourth-order valence-corrected chi connectivity index (χ4v) is 1.72. The van der Waals surface area contributed by atoms with Crippen LogP contribution in [0.4, 0.5) is 0 Å². The van der Waals surface area contributed by atoms with E-state index in [0.717, 1.165) is 5.56 Å². The summed E-state index contributed by atoms with van der Waals surface area (Å²) in [4.78, 5) is 11.3. The number of carboxylic acid groups (broad SMARTS) is 1. The van der Waals surface area contributed by atoms with Gasteiger partial charge < -0.3 is 9.52 Å². The molecular weight excluding hydrogens is 228 g/mol. The van der Waals surface area contributed by atoms with E-state index in [1.807, 2.05) is 51.1 Å². The van der Waals surface area contributed by atoms with Gasteiger partial charge >= 0.3 is 5.97 Å². The third kappa shape index (κ3) is 2.30. The first-order chi connectivity index (χ1) is 8.39. The maximum Gasteiger partial charge on any atom is 0.339 e. The summed E-state index contributed by atoms with van der Waals surface area (Å²) in [5.74, 6) is 0.139. The molecule has 94 valence electrons. The van der Waals surface area contributed by atoms with E-state index < -0.39 is 5.97 Å². The molecule has 0 aliphatic carbocycles. The summed E-state index contributed by atoms with van der Waals surface area (Å²) in [7, 11) is 0. The first kappa shape index (κ1) is 12.4. The summed E-state index contributed by atoms with van der Waals surface area (Å²) in [6, 6.07) is 10.9. The molecule has 2 aromatic rings. The van der Waals surface area contributed by atoms with Gasteiger partial charge in [0.2, 0.25) is 0 Å². The van der Waals surface area contributed by atoms with Crippen molar-refractivity contribution in [3.05, 3.63) is 47.7 Å². The lowest BCUT2D eigenvalue weighted by Gasteiger charge is -2.13. The van der Waals surface area contributed by atoms with Crippen LogP contribution in [0.5, 0.6) is 0 Å². The fraction of sp³-hybridized carbons (Fsp3) is 0.267. The molecule has 0 unspecified atom stereocenters. The molecule has 0 atom stereocenters. The van der Waals surface area contributed by atoms with E-state index in [1.165, 1.54) is 0 Å². The molecule has 0 aliphatic rings. The van der Waals surface area contributed by atoms with E-state index in [0.29, 0.717) is 11.5 Å². The van der Waals surface area contributed by atoms with Crippen molar-refractivity contribution in [3.63, 3.8) is 0 Å². The summed E-state index contributed by atoms with van der Waals surface area (Å²) < 4.78 is 5.75. The normalized spacial score (nSPS) is 11.5. The van der Waals surface area contributed by atoms with Crippen molar-refractivity contribution in [3.8, 4) is 11.3 Å². The van der Waals surface area contributed by atoms with Crippen molar-refractivity contribution < 1.29 is 14.3 Å². The third-order valence-electron chi connectivity index (χ3n) is 2.74. The van der Waals surface area contributed by atoms with E-state index in [-0.39, 0.29) is 11.0 Å². The molecule has 0 fully saturated rings. The standard InChI is InChI=1S/C15H16O3/c1-15(2,3)12-9-11(14(16)17)13(18-12)10-7-5-4-6-8-10/h4-9H,1-3H3,(H,16,17). The Morgan fingerprint density at radius 2 is 1.78 bits per heavy atom. The predicted octanol–water partition coefficient (Wildman–Crippen LogP) is 3.94. The maximum atomic E-state index is 11.3. The molecule has 0 amide bonds. The number of aromatic carboxylic acids is 1. The minimum Gasteiger partial charge on any atom is -0.478 e. The summed E-state index contributed by atoms with van der Waals surface area (Å²) >= 11 is 0. The van der Waals surface area contributed by atoms with Crippen molar-refractivity contribution in [2.24, 2.45) is 0 Å². The number of rotatable bonds is 2. The highest BCUT2D eigenvalue weighted by atomic mass is 16.4. The Morgan fingerprint density at radius 1 is 1.17 bits per heavy atom. The monoisotopic (exact) mass is 244 g/mol. The highest BCUT2D eigenvalue weighted by Crippen LogP contribution is 2.33. The van der Waals surface area contributed by atoms with Gasteiger partial charge in [0.25, 0.3) is 0 Å². The van der Waals surface area contributed by atoms with Gasteiger partial charge in [-0.25, -0.2) is 4.79 Å². The molecule has 2 rings (SSSR count). The van der Waals surface area contributed by atoms with Crippen LogP contribution in [0.15, 0.2) is 40.8 Å². The highest BCUT2D eigenvalue weighted by Gasteiger charge is 2.25. The summed E-state index contributed by atoms with van der Waals surface area (Å²) in [6.07, 6.45) is 0. The van der Waals surface area contributed by atoms with Crippen molar-refractivity contribution >= 4 is 5.97 Å². The van der Waals surface area contributed by atoms with Gasteiger partial charge in [0.15, 0.2) is 0 Å². The Balaban J connectivity index is 2.60. The van der Waals surface area contributed by atoms with Crippen LogP contribution in [-0.4, -0.2) is 11.1 Å². The van der Waals surface area contributed by atoms with Crippen LogP contribution in [-0.2, 0) is 5.41 Å². The quantitative estimate of drug-likeness (QED) is 0.870. The van der Waals surface area contributed by atoms with E-state index in [4.69, 9.17) is 4.42 Å². The van der Waals surface area contributed by atoms with Gasteiger partial charge in [0.1, 0.15) is 17.1 Å². The van der Waals surface area contributed by atoms with Gasteiger partial charge in [-0.2, -0.15) is 0 Å². The molecular formula is C15H16O3. The Labute approximate surface area is 106 Å². The molecule has 0 spiro atoms. The summed E-state index contributed by atoms with van der Waals surface area (Å²) in [5, 5.41) is 9.25. The number of hydrogen-bond acceptors (Lipinski definition) is 2. The molecule has 3 heteroatoms. The molecule has 0 aliphatic heterocycles. The number of furan rings is 1. The van der Waals surface area contributed by atoms with Crippen LogP contribution in [0.1, 0.15) is 36.9 Å². The number of benzene rings is 1. The molecule has 0 saturated heterocycles. The van der Waals surface area contributed by atoms with Crippen molar-refractivity contribution in [2.75, 3.05) is 0 Å². The van der Waals surface area contributed by atoms with Gasteiger partial charge in [0, 0.05) is 11.0 Å². The highest BCUT2D eigenvalue weighted by molar-refractivity contribution is 5.94. The summed E-state index contributed by atoms with van der Waals surface area (Å²) in [5.41, 5.74) is 0.786. The summed E-state index contributed by atoms with van der Waals surface area (Å²) in [6.45, 7) is 5.98. The van der Waals surface area contributed by atoms with Crippen molar-refractivity contribution in [1.29, 1.82) is 0 Å². The molecule has 3 nitrogen and oxygen atoms in total. The first-order valence-electron chi connectivity index (χ1n) is 5.82. The minimum absolute atomic E-state index is 0.211. The Bertz CT molecular complexity index is 559. The molecule has 18 heavy (non-hydrogen) atoms. The Kier molecular flexibility index (Phi) is 2.99. The molecule has 0 radical (unpaired) electrons. The van der Waals surface area contributed by atoms with E-state index >= 15 is 0 Å². The van der Waals surface area contributed by atoms with Gasteiger partial charge in [-0.15, -0.1) is 0 Å². The van der Waals surface area contributed by atoms with Crippen LogP contribution in [0.3, 0.4) is 0 Å². The predicted molar refractivity (Wildman–Crippen MR) is 69.8 cm³/mol.